The summed E-state index contributed by atoms with van der Waals surface area (Å²) in [6.07, 6.45) is 7.42. The lowest BCUT2D eigenvalue weighted by Crippen LogP contribution is -2.59. The minimum absolute atomic E-state index is 0.0963. The Labute approximate surface area is 181 Å². The summed E-state index contributed by atoms with van der Waals surface area (Å²) in [5, 5.41) is 19.8. The first-order valence-electron chi connectivity index (χ1n) is 11.9. The van der Waals surface area contributed by atoms with E-state index < -0.39 is 16.5 Å². The van der Waals surface area contributed by atoms with Gasteiger partial charge >= 0.3 is 10.4 Å². The number of aliphatic hydroxyl groups excluding tert-OH is 2. The first-order chi connectivity index (χ1) is 14.0. The topological polar surface area (TPSA) is 104 Å². The Balaban J connectivity index is 1.69. The van der Waals surface area contributed by atoms with Gasteiger partial charge in [0.2, 0.25) is 0 Å². The van der Waals surface area contributed by atoms with E-state index in [1.54, 1.807) is 0 Å². The molecule has 4 aliphatic carbocycles. The van der Waals surface area contributed by atoms with E-state index in [-0.39, 0.29) is 35.4 Å². The minimum Gasteiger partial charge on any atom is -0.396 e. The molecule has 0 unspecified atom stereocenters. The molecule has 0 aromatic heterocycles. The highest BCUT2D eigenvalue weighted by Gasteiger charge is 2.63. The Hall–Kier alpha value is -0.210. The maximum absolute atomic E-state index is 11.8. The molecule has 0 spiro atoms. The van der Waals surface area contributed by atoms with Crippen molar-refractivity contribution in [3.8, 4) is 0 Å². The van der Waals surface area contributed by atoms with Crippen molar-refractivity contribution in [1.82, 2.24) is 0 Å². The van der Waals surface area contributed by atoms with Crippen molar-refractivity contribution in [1.29, 1.82) is 0 Å². The molecule has 0 radical (unpaired) electrons. The average Bonchev–Trinajstić information content (AvgIpc) is 2.99. The summed E-state index contributed by atoms with van der Waals surface area (Å²) in [6.45, 7) is 7.19. The number of hydrogen-bond acceptors (Lipinski definition) is 5. The van der Waals surface area contributed by atoms with E-state index in [9.17, 15) is 23.2 Å². The van der Waals surface area contributed by atoms with Crippen LogP contribution in [0.25, 0.3) is 0 Å². The van der Waals surface area contributed by atoms with Gasteiger partial charge in [-0.05, 0) is 104 Å². The monoisotopic (exact) mass is 444 g/mol. The molecule has 0 aliphatic heterocycles. The molecule has 30 heavy (non-hydrogen) atoms. The Bertz CT molecular complexity index is 740. The molecule has 0 heterocycles. The van der Waals surface area contributed by atoms with Gasteiger partial charge in [0.25, 0.3) is 0 Å². The molecular weight excluding hydrogens is 404 g/mol. The van der Waals surface area contributed by atoms with Gasteiger partial charge in [-0.25, -0.2) is 4.18 Å². The van der Waals surface area contributed by atoms with Crippen molar-refractivity contribution in [3.05, 3.63) is 0 Å². The van der Waals surface area contributed by atoms with Gasteiger partial charge in [0.15, 0.2) is 0 Å². The molecule has 4 aliphatic rings. The third kappa shape index (κ3) is 3.76. The summed E-state index contributed by atoms with van der Waals surface area (Å²) >= 11 is 0. The van der Waals surface area contributed by atoms with Crippen molar-refractivity contribution in [2.45, 2.75) is 90.8 Å². The summed E-state index contributed by atoms with van der Waals surface area (Å²) in [7, 11) is -4.53. The van der Waals surface area contributed by atoms with E-state index in [0.29, 0.717) is 36.5 Å². The molecule has 4 saturated carbocycles. The lowest BCUT2D eigenvalue weighted by molar-refractivity contribution is -0.168. The van der Waals surface area contributed by atoms with Crippen LogP contribution in [0.5, 0.6) is 0 Å². The molecule has 10 atom stereocenters. The van der Waals surface area contributed by atoms with Crippen LogP contribution >= 0.6 is 0 Å². The Morgan fingerprint density at radius 2 is 1.70 bits per heavy atom. The van der Waals surface area contributed by atoms with Gasteiger partial charge in [-0.3, -0.25) is 4.55 Å². The number of fused-ring (bicyclic) bond motifs is 5. The molecule has 7 heteroatoms. The first kappa shape index (κ1) is 23.0. The number of rotatable bonds is 5. The largest absolute Gasteiger partial charge is 0.397 e. The third-order valence-corrected chi connectivity index (χ3v) is 10.7. The second-order valence-electron chi connectivity index (χ2n) is 11.4. The fourth-order valence-electron chi connectivity index (χ4n) is 8.81. The van der Waals surface area contributed by atoms with Crippen LogP contribution in [-0.4, -0.2) is 42.0 Å². The predicted octanol–water partition coefficient (Wildman–Crippen LogP) is 3.82. The Kier molecular flexibility index (Phi) is 6.11. The Morgan fingerprint density at radius 1 is 1.03 bits per heavy atom. The molecule has 4 fully saturated rings. The molecule has 4 rings (SSSR count). The van der Waals surface area contributed by atoms with Gasteiger partial charge < -0.3 is 10.2 Å². The maximum atomic E-state index is 11.8. The lowest BCUT2D eigenvalue weighted by atomic mass is 9.43. The van der Waals surface area contributed by atoms with Crippen molar-refractivity contribution in [2.24, 2.45) is 46.3 Å². The van der Waals surface area contributed by atoms with Gasteiger partial charge in [0.05, 0.1) is 12.2 Å². The predicted molar refractivity (Wildman–Crippen MR) is 114 cm³/mol. The van der Waals surface area contributed by atoms with E-state index in [0.717, 1.165) is 44.9 Å². The van der Waals surface area contributed by atoms with Crippen LogP contribution in [0.2, 0.25) is 0 Å². The van der Waals surface area contributed by atoms with Gasteiger partial charge in [0, 0.05) is 6.61 Å². The van der Waals surface area contributed by atoms with Gasteiger partial charge in [0.1, 0.15) is 0 Å². The van der Waals surface area contributed by atoms with Crippen molar-refractivity contribution in [3.63, 3.8) is 0 Å². The SMILES string of the molecule is C[C@H](CCO)[C@H]1CC[C@H]2[C@@H]3[C@@H](OS(=O)(=O)O)C[C@@H]4C[C@H](O)CC[C@]4(C)[C@H]3CC[C@]12C. The van der Waals surface area contributed by atoms with Crippen LogP contribution in [-0.2, 0) is 14.6 Å². The van der Waals surface area contributed by atoms with E-state index >= 15 is 0 Å². The number of aliphatic hydroxyl groups is 2. The summed E-state index contributed by atoms with van der Waals surface area (Å²) in [5.74, 6) is 2.05. The molecular formula is C23H40O6S. The Morgan fingerprint density at radius 3 is 2.37 bits per heavy atom. The van der Waals surface area contributed by atoms with Crippen LogP contribution in [0.1, 0.15) is 78.6 Å². The highest BCUT2D eigenvalue weighted by atomic mass is 32.3. The lowest BCUT2D eigenvalue weighted by Gasteiger charge is -2.62. The van der Waals surface area contributed by atoms with E-state index in [1.807, 2.05) is 0 Å². The molecule has 0 bridgehead atoms. The van der Waals surface area contributed by atoms with Crippen molar-refractivity contribution in [2.75, 3.05) is 6.61 Å². The average molecular weight is 445 g/mol. The third-order valence-electron chi connectivity index (χ3n) is 10.2. The van der Waals surface area contributed by atoms with Gasteiger partial charge in [-0.2, -0.15) is 8.42 Å². The van der Waals surface area contributed by atoms with Gasteiger partial charge in [-0.1, -0.05) is 20.8 Å². The highest BCUT2D eigenvalue weighted by Crippen LogP contribution is 2.68. The molecule has 0 aromatic carbocycles. The fraction of sp³-hybridized carbons (Fsp3) is 1.00. The molecule has 0 saturated heterocycles. The highest BCUT2D eigenvalue weighted by molar-refractivity contribution is 7.80. The second kappa shape index (κ2) is 7.98. The smallest absolute Gasteiger partial charge is 0.396 e. The molecule has 6 nitrogen and oxygen atoms in total. The molecule has 0 amide bonds. The quantitative estimate of drug-likeness (QED) is 0.557. The van der Waals surface area contributed by atoms with E-state index in [4.69, 9.17) is 4.18 Å². The zero-order valence-corrected chi connectivity index (χ0v) is 19.5. The standard InChI is InChI=1S/C23H40O6S/c1-14(8-11-24)17-4-5-18-21-19(7-10-23(17,18)3)22(2)9-6-16(25)12-15(22)13-20(21)29-30(26,27)28/h14-21,24-25H,4-13H2,1-3H3,(H,26,27,28)/t14-,15+,16-,17-,18+,19+,20+,21+,22+,23-/m1/s1. The summed E-state index contributed by atoms with van der Waals surface area (Å²) < 4.78 is 38.5. The van der Waals surface area contributed by atoms with Crippen LogP contribution in [0.3, 0.4) is 0 Å². The van der Waals surface area contributed by atoms with Crippen molar-refractivity contribution < 1.29 is 27.4 Å². The zero-order valence-electron chi connectivity index (χ0n) is 18.7. The number of hydrogen-bond donors (Lipinski definition) is 3. The summed E-state index contributed by atoms with van der Waals surface area (Å²) in [6, 6.07) is 0. The normalized spacial score (nSPS) is 49.7. The van der Waals surface area contributed by atoms with Crippen LogP contribution in [0.4, 0.5) is 0 Å². The van der Waals surface area contributed by atoms with Crippen LogP contribution in [0.15, 0.2) is 0 Å². The van der Waals surface area contributed by atoms with Crippen molar-refractivity contribution >= 4 is 10.4 Å². The first-order valence-corrected chi connectivity index (χ1v) is 13.3. The summed E-state index contributed by atoms with van der Waals surface area (Å²) in [5.41, 5.74) is 0.215. The summed E-state index contributed by atoms with van der Waals surface area (Å²) in [4.78, 5) is 0. The van der Waals surface area contributed by atoms with E-state index in [2.05, 4.69) is 20.8 Å². The minimum atomic E-state index is -4.53. The fourth-order valence-corrected chi connectivity index (χ4v) is 9.33. The van der Waals surface area contributed by atoms with Crippen LogP contribution in [0, 0.1) is 46.3 Å². The molecule has 0 aromatic rings. The molecule has 174 valence electrons. The maximum Gasteiger partial charge on any atom is 0.397 e. The van der Waals surface area contributed by atoms with Gasteiger partial charge in [-0.15, -0.1) is 0 Å². The van der Waals surface area contributed by atoms with Crippen LogP contribution < -0.4 is 0 Å². The second-order valence-corrected chi connectivity index (χ2v) is 12.5. The zero-order chi connectivity index (χ0) is 21.9. The van der Waals surface area contributed by atoms with E-state index in [1.165, 1.54) is 0 Å². The molecule has 3 N–H and O–H groups in total.